The average molecular weight is 310 g/mol. The molecular weight excluding hydrogens is 286 g/mol. The maximum Gasteiger partial charge on any atom is 0.0636 e. The monoisotopic (exact) mass is 309 g/mol. The molecule has 0 aliphatic heterocycles. The first kappa shape index (κ1) is 15.8. The number of halogens is 1. The fourth-order valence-corrected chi connectivity index (χ4v) is 4.01. The Morgan fingerprint density at radius 2 is 1.95 bits per heavy atom. The van der Waals surface area contributed by atoms with Gasteiger partial charge in [-0.25, -0.2) is 0 Å². The van der Waals surface area contributed by atoms with Crippen LogP contribution in [0.5, 0.6) is 0 Å². The lowest BCUT2D eigenvalue weighted by atomic mass is 10.1. The van der Waals surface area contributed by atoms with Gasteiger partial charge in [0.2, 0.25) is 0 Å². The summed E-state index contributed by atoms with van der Waals surface area (Å²) < 4.78 is 1.29. The predicted molar refractivity (Wildman–Crippen MR) is 91.9 cm³/mol. The molecule has 1 nitrogen and oxygen atoms in total. The standard InChI is InChI=1S/C17H24ClNS/c1-3-5-9-13(8-4-2)19-12-16-17(18)14-10-6-7-11-15(14)20-16/h6-7,10-11,13,19H,3-5,8-9,12H2,1-2H3. The summed E-state index contributed by atoms with van der Waals surface area (Å²) in [6.45, 7) is 5.41. The van der Waals surface area contributed by atoms with Crippen molar-refractivity contribution in [2.75, 3.05) is 0 Å². The van der Waals surface area contributed by atoms with Crippen molar-refractivity contribution in [2.45, 2.75) is 58.5 Å². The van der Waals surface area contributed by atoms with E-state index >= 15 is 0 Å². The first-order chi connectivity index (χ1) is 9.76. The number of hydrogen-bond donors (Lipinski definition) is 1. The summed E-state index contributed by atoms with van der Waals surface area (Å²) in [5.74, 6) is 0. The van der Waals surface area contributed by atoms with Crippen molar-refractivity contribution in [3.63, 3.8) is 0 Å². The van der Waals surface area contributed by atoms with Crippen molar-refractivity contribution in [2.24, 2.45) is 0 Å². The van der Waals surface area contributed by atoms with Crippen LogP contribution in [0.1, 0.15) is 50.8 Å². The summed E-state index contributed by atoms with van der Waals surface area (Å²) in [4.78, 5) is 1.27. The third-order valence-electron chi connectivity index (χ3n) is 3.70. The highest BCUT2D eigenvalue weighted by Gasteiger charge is 2.12. The van der Waals surface area contributed by atoms with Crippen molar-refractivity contribution in [1.29, 1.82) is 0 Å². The van der Waals surface area contributed by atoms with Gasteiger partial charge in [0.25, 0.3) is 0 Å². The fourth-order valence-electron chi connectivity index (χ4n) is 2.56. The van der Waals surface area contributed by atoms with Gasteiger partial charge >= 0.3 is 0 Å². The molecule has 20 heavy (non-hydrogen) atoms. The second-order valence-electron chi connectivity index (χ2n) is 5.34. The highest BCUT2D eigenvalue weighted by molar-refractivity contribution is 7.19. The summed E-state index contributed by atoms with van der Waals surface area (Å²) in [5.41, 5.74) is 0. The maximum absolute atomic E-state index is 6.49. The molecule has 0 fully saturated rings. The van der Waals surface area contributed by atoms with Crippen LogP contribution in [0.4, 0.5) is 0 Å². The molecule has 0 aliphatic carbocycles. The summed E-state index contributed by atoms with van der Waals surface area (Å²) in [6, 6.07) is 9.02. The van der Waals surface area contributed by atoms with E-state index in [0.717, 1.165) is 11.6 Å². The minimum absolute atomic E-state index is 0.626. The maximum atomic E-state index is 6.49. The van der Waals surface area contributed by atoms with Gasteiger partial charge in [0, 0.05) is 27.5 Å². The zero-order valence-electron chi connectivity index (χ0n) is 12.4. The van der Waals surface area contributed by atoms with Crippen LogP contribution < -0.4 is 5.32 Å². The van der Waals surface area contributed by atoms with Crippen LogP contribution in [0, 0.1) is 0 Å². The van der Waals surface area contributed by atoms with Crippen LogP contribution >= 0.6 is 22.9 Å². The first-order valence-electron chi connectivity index (χ1n) is 7.65. The van der Waals surface area contributed by atoms with Crippen molar-refractivity contribution in [3.05, 3.63) is 34.2 Å². The number of unbranched alkanes of at least 4 members (excludes halogenated alkanes) is 1. The Morgan fingerprint density at radius 1 is 1.15 bits per heavy atom. The molecule has 0 amide bonds. The highest BCUT2D eigenvalue weighted by atomic mass is 35.5. The molecular formula is C17H24ClNS. The van der Waals surface area contributed by atoms with E-state index < -0.39 is 0 Å². The van der Waals surface area contributed by atoms with Crippen molar-refractivity contribution >= 4 is 33.0 Å². The second kappa shape index (κ2) is 8.02. The lowest BCUT2D eigenvalue weighted by molar-refractivity contribution is 0.436. The molecule has 1 aromatic heterocycles. The van der Waals surface area contributed by atoms with Crippen LogP contribution in [-0.2, 0) is 6.54 Å². The first-order valence-corrected chi connectivity index (χ1v) is 8.85. The molecule has 0 saturated heterocycles. The third kappa shape index (κ3) is 3.97. The van der Waals surface area contributed by atoms with Gasteiger partial charge < -0.3 is 5.32 Å². The molecule has 0 radical (unpaired) electrons. The van der Waals surface area contributed by atoms with Crippen LogP contribution in [-0.4, -0.2) is 6.04 Å². The zero-order chi connectivity index (χ0) is 14.4. The van der Waals surface area contributed by atoms with Crippen molar-refractivity contribution < 1.29 is 0 Å². The molecule has 0 saturated carbocycles. The summed E-state index contributed by atoms with van der Waals surface area (Å²) in [7, 11) is 0. The Labute approximate surface area is 131 Å². The molecule has 2 rings (SSSR count). The Kier molecular flexibility index (Phi) is 6.34. The Morgan fingerprint density at radius 3 is 2.65 bits per heavy atom. The van der Waals surface area contributed by atoms with Crippen LogP contribution in [0.15, 0.2) is 24.3 Å². The Hall–Kier alpha value is -0.570. The van der Waals surface area contributed by atoms with Crippen molar-refractivity contribution in [3.8, 4) is 0 Å². The lowest BCUT2D eigenvalue weighted by Gasteiger charge is -2.17. The smallest absolute Gasteiger partial charge is 0.0636 e. The minimum atomic E-state index is 0.626. The molecule has 3 heteroatoms. The number of rotatable bonds is 8. The molecule has 1 atom stereocenters. The van der Waals surface area contributed by atoms with Crippen LogP contribution in [0.25, 0.3) is 10.1 Å². The topological polar surface area (TPSA) is 12.0 Å². The molecule has 0 spiro atoms. The third-order valence-corrected chi connectivity index (χ3v) is 5.41. The molecule has 2 aromatic rings. The molecule has 1 aromatic carbocycles. The van der Waals surface area contributed by atoms with Gasteiger partial charge in [-0.05, 0) is 18.9 Å². The summed E-state index contributed by atoms with van der Waals surface area (Å²) >= 11 is 8.31. The van der Waals surface area contributed by atoms with E-state index in [1.807, 2.05) is 11.3 Å². The van der Waals surface area contributed by atoms with E-state index in [1.54, 1.807) is 0 Å². The molecule has 1 N–H and O–H groups in total. The van der Waals surface area contributed by atoms with E-state index in [1.165, 1.54) is 47.1 Å². The van der Waals surface area contributed by atoms with Gasteiger partial charge in [0.1, 0.15) is 0 Å². The van der Waals surface area contributed by atoms with Gasteiger partial charge in [-0.1, -0.05) is 62.9 Å². The molecule has 110 valence electrons. The number of fused-ring (bicyclic) bond motifs is 1. The molecule has 0 aliphatic rings. The van der Waals surface area contributed by atoms with E-state index in [-0.39, 0.29) is 0 Å². The van der Waals surface area contributed by atoms with Gasteiger partial charge in [-0.15, -0.1) is 11.3 Å². The average Bonchev–Trinajstić information content (AvgIpc) is 2.79. The number of thiophene rings is 1. The van der Waals surface area contributed by atoms with Gasteiger partial charge in [-0.3, -0.25) is 0 Å². The largest absolute Gasteiger partial charge is 0.309 e. The van der Waals surface area contributed by atoms with Gasteiger partial charge in [0.15, 0.2) is 0 Å². The van der Waals surface area contributed by atoms with Crippen LogP contribution in [0.3, 0.4) is 0 Å². The van der Waals surface area contributed by atoms with E-state index in [9.17, 15) is 0 Å². The molecule has 1 unspecified atom stereocenters. The predicted octanol–water partition coefficient (Wildman–Crippen LogP) is 6.00. The van der Waals surface area contributed by atoms with Crippen molar-refractivity contribution in [1.82, 2.24) is 5.32 Å². The van der Waals surface area contributed by atoms with E-state index in [4.69, 9.17) is 11.6 Å². The fraction of sp³-hybridized carbons (Fsp3) is 0.529. The van der Waals surface area contributed by atoms with Gasteiger partial charge in [0.05, 0.1) is 5.02 Å². The Balaban J connectivity index is 2.01. The molecule has 1 heterocycles. The number of benzene rings is 1. The van der Waals surface area contributed by atoms with Gasteiger partial charge in [-0.2, -0.15) is 0 Å². The summed E-state index contributed by atoms with van der Waals surface area (Å²) in [6.07, 6.45) is 6.33. The zero-order valence-corrected chi connectivity index (χ0v) is 14.0. The number of nitrogens with one attached hydrogen (secondary N) is 1. The normalized spacial score (nSPS) is 12.9. The second-order valence-corrected chi connectivity index (χ2v) is 6.86. The SMILES string of the molecule is CCCCC(CCC)NCc1sc2ccccc2c1Cl. The quantitative estimate of drug-likeness (QED) is 0.630. The van der Waals surface area contributed by atoms with E-state index in [0.29, 0.717) is 6.04 Å². The highest BCUT2D eigenvalue weighted by Crippen LogP contribution is 2.35. The Bertz CT molecular complexity index is 535. The lowest BCUT2D eigenvalue weighted by Crippen LogP contribution is -2.28. The minimum Gasteiger partial charge on any atom is -0.309 e. The summed E-state index contributed by atoms with van der Waals surface area (Å²) in [5, 5.41) is 5.82. The molecule has 0 bridgehead atoms. The number of hydrogen-bond acceptors (Lipinski definition) is 2. The van der Waals surface area contributed by atoms with Crippen LogP contribution in [0.2, 0.25) is 5.02 Å². The van der Waals surface area contributed by atoms with E-state index in [2.05, 4.69) is 43.4 Å².